The van der Waals surface area contributed by atoms with Crippen LogP contribution in [-0.4, -0.2) is 31.4 Å². The van der Waals surface area contributed by atoms with Crippen molar-refractivity contribution in [2.75, 3.05) is 19.0 Å². The maximum atomic E-state index is 13.3. The second-order valence-electron chi connectivity index (χ2n) is 6.27. The minimum atomic E-state index is -0.527. The van der Waals surface area contributed by atoms with Gasteiger partial charge in [-0.3, -0.25) is 14.4 Å². The zero-order chi connectivity index (χ0) is 19.4. The van der Waals surface area contributed by atoms with E-state index in [9.17, 15) is 14.4 Å². The first-order chi connectivity index (χ1) is 13.0. The van der Waals surface area contributed by atoms with E-state index in [4.69, 9.17) is 9.47 Å². The van der Waals surface area contributed by atoms with Crippen LogP contribution in [0.25, 0.3) is 0 Å². The third-order valence-electron chi connectivity index (χ3n) is 4.41. The van der Waals surface area contributed by atoms with E-state index in [-0.39, 0.29) is 12.4 Å². The fraction of sp³-hybridized carbons (Fsp3) is 0.350. The molecule has 3 rings (SSSR count). The van der Waals surface area contributed by atoms with Gasteiger partial charge in [0.2, 0.25) is 0 Å². The molecule has 1 aliphatic carbocycles. The van der Waals surface area contributed by atoms with Gasteiger partial charge in [-0.1, -0.05) is 12.1 Å². The Hall–Kier alpha value is -2.67. The van der Waals surface area contributed by atoms with E-state index in [1.54, 1.807) is 24.3 Å². The third kappa shape index (κ3) is 4.19. The lowest BCUT2D eigenvalue weighted by Crippen LogP contribution is -2.21. The number of rotatable bonds is 6. The number of para-hydroxylation sites is 1. The van der Waals surface area contributed by atoms with Crippen LogP contribution >= 0.6 is 11.3 Å². The number of carbonyl (C=O) groups excluding carboxylic acids is 3. The molecule has 1 amide bonds. The summed E-state index contributed by atoms with van der Waals surface area (Å²) in [6.07, 6.45) is 3.78. The highest BCUT2D eigenvalue weighted by Gasteiger charge is 2.28. The fourth-order valence-corrected chi connectivity index (χ4v) is 4.49. The number of amides is 1. The standard InChI is InChI=1S/C20H21NO5S/c1-12(22)26-11-17(23)21-20-18(14-8-4-6-10-16(14)27-20)19(24)13-7-3-5-9-15(13)25-2/h3,5,7,9H,4,6,8,10-11H2,1-2H3,(H,21,23). The average molecular weight is 387 g/mol. The fourth-order valence-electron chi connectivity index (χ4n) is 3.19. The molecule has 7 heteroatoms. The number of nitrogens with one attached hydrogen (secondary N) is 1. The van der Waals surface area contributed by atoms with Crippen molar-refractivity contribution in [3.63, 3.8) is 0 Å². The molecule has 1 N–H and O–H groups in total. The molecule has 0 saturated heterocycles. The largest absolute Gasteiger partial charge is 0.496 e. The predicted molar refractivity (Wildman–Crippen MR) is 103 cm³/mol. The van der Waals surface area contributed by atoms with Gasteiger partial charge >= 0.3 is 5.97 Å². The van der Waals surface area contributed by atoms with Crippen LogP contribution in [-0.2, 0) is 27.2 Å². The molecule has 0 radical (unpaired) electrons. The van der Waals surface area contributed by atoms with Gasteiger partial charge in [0, 0.05) is 11.8 Å². The number of hydrogen-bond acceptors (Lipinski definition) is 6. The van der Waals surface area contributed by atoms with Crippen LogP contribution in [0.15, 0.2) is 24.3 Å². The van der Waals surface area contributed by atoms with Crippen molar-refractivity contribution in [1.82, 2.24) is 0 Å². The summed E-state index contributed by atoms with van der Waals surface area (Å²) in [5.41, 5.74) is 1.99. The van der Waals surface area contributed by atoms with Gasteiger partial charge in [0.25, 0.3) is 5.91 Å². The lowest BCUT2D eigenvalue weighted by Gasteiger charge is -2.14. The maximum absolute atomic E-state index is 13.3. The van der Waals surface area contributed by atoms with Crippen molar-refractivity contribution in [1.29, 1.82) is 0 Å². The van der Waals surface area contributed by atoms with E-state index < -0.39 is 11.9 Å². The van der Waals surface area contributed by atoms with Crippen molar-refractivity contribution in [2.45, 2.75) is 32.6 Å². The molecular formula is C20H21NO5S. The number of benzene rings is 1. The van der Waals surface area contributed by atoms with E-state index in [2.05, 4.69) is 5.32 Å². The zero-order valence-corrected chi connectivity index (χ0v) is 16.1. The highest BCUT2D eigenvalue weighted by molar-refractivity contribution is 7.17. The van der Waals surface area contributed by atoms with Crippen LogP contribution in [0.1, 0.15) is 46.1 Å². The Labute approximate surface area is 161 Å². The topological polar surface area (TPSA) is 81.7 Å². The molecule has 0 spiro atoms. The van der Waals surface area contributed by atoms with Gasteiger partial charge in [0.05, 0.1) is 18.2 Å². The molecule has 1 aliphatic rings. The normalized spacial score (nSPS) is 12.8. The highest BCUT2D eigenvalue weighted by Crippen LogP contribution is 2.40. The van der Waals surface area contributed by atoms with Crippen molar-refractivity contribution in [2.24, 2.45) is 0 Å². The van der Waals surface area contributed by atoms with Gasteiger partial charge in [-0.25, -0.2) is 0 Å². The lowest BCUT2D eigenvalue weighted by molar-refractivity contribution is -0.144. The van der Waals surface area contributed by atoms with Gasteiger partial charge in [0.1, 0.15) is 10.8 Å². The van der Waals surface area contributed by atoms with Crippen molar-refractivity contribution in [3.05, 3.63) is 45.8 Å². The van der Waals surface area contributed by atoms with Crippen LogP contribution in [0.2, 0.25) is 0 Å². The molecule has 0 atom stereocenters. The van der Waals surface area contributed by atoms with Crippen LogP contribution in [0.4, 0.5) is 5.00 Å². The Balaban J connectivity index is 1.97. The monoisotopic (exact) mass is 387 g/mol. The molecule has 6 nitrogen and oxygen atoms in total. The maximum Gasteiger partial charge on any atom is 0.303 e. The van der Waals surface area contributed by atoms with Crippen molar-refractivity contribution < 1.29 is 23.9 Å². The Bertz CT molecular complexity index is 886. The highest BCUT2D eigenvalue weighted by atomic mass is 32.1. The molecule has 27 heavy (non-hydrogen) atoms. The van der Waals surface area contributed by atoms with Gasteiger partial charge < -0.3 is 14.8 Å². The first kappa shape index (κ1) is 19.1. The van der Waals surface area contributed by atoms with E-state index in [1.165, 1.54) is 25.4 Å². The molecule has 0 bridgehead atoms. The molecule has 0 saturated carbocycles. The number of hydrogen-bond donors (Lipinski definition) is 1. The molecule has 0 fully saturated rings. The number of ether oxygens (including phenoxy) is 2. The molecule has 142 valence electrons. The second-order valence-corrected chi connectivity index (χ2v) is 7.38. The Morgan fingerprint density at radius 1 is 1.15 bits per heavy atom. The summed E-state index contributed by atoms with van der Waals surface area (Å²) in [5.74, 6) is -0.663. The number of fused-ring (bicyclic) bond motifs is 1. The van der Waals surface area contributed by atoms with Crippen molar-refractivity contribution >= 4 is 34.0 Å². The van der Waals surface area contributed by atoms with Crippen molar-refractivity contribution in [3.8, 4) is 5.75 Å². The minimum absolute atomic E-state index is 0.172. The first-order valence-electron chi connectivity index (χ1n) is 8.76. The van der Waals surface area contributed by atoms with Crippen LogP contribution in [0.3, 0.4) is 0 Å². The zero-order valence-electron chi connectivity index (χ0n) is 15.3. The number of anilines is 1. The molecule has 1 aromatic carbocycles. The molecule has 1 aromatic heterocycles. The quantitative estimate of drug-likeness (QED) is 0.607. The summed E-state index contributed by atoms with van der Waals surface area (Å²) in [4.78, 5) is 37.5. The molecular weight excluding hydrogens is 366 g/mol. The number of aryl methyl sites for hydroxylation is 1. The Morgan fingerprint density at radius 2 is 1.89 bits per heavy atom. The number of ketones is 1. The van der Waals surface area contributed by atoms with Crippen LogP contribution < -0.4 is 10.1 Å². The second kappa shape index (κ2) is 8.35. The summed E-state index contributed by atoms with van der Waals surface area (Å²) in [7, 11) is 1.52. The summed E-state index contributed by atoms with van der Waals surface area (Å²) >= 11 is 1.43. The molecule has 0 aliphatic heterocycles. The SMILES string of the molecule is COc1ccccc1C(=O)c1c(NC(=O)COC(C)=O)sc2c1CCCC2. The van der Waals surface area contributed by atoms with E-state index in [1.807, 2.05) is 0 Å². The number of esters is 1. The number of carbonyl (C=O) groups is 3. The summed E-state index contributed by atoms with van der Waals surface area (Å²) in [6, 6.07) is 7.05. The molecule has 2 aromatic rings. The summed E-state index contributed by atoms with van der Waals surface area (Å²) in [6.45, 7) is 0.869. The van der Waals surface area contributed by atoms with Gasteiger partial charge in [0.15, 0.2) is 12.4 Å². The smallest absolute Gasteiger partial charge is 0.303 e. The lowest BCUT2D eigenvalue weighted by atomic mass is 9.91. The predicted octanol–water partition coefficient (Wildman–Crippen LogP) is 3.37. The third-order valence-corrected chi connectivity index (χ3v) is 5.62. The number of methoxy groups -OCH3 is 1. The molecule has 0 unspecified atom stereocenters. The van der Waals surface area contributed by atoms with Crippen LogP contribution in [0.5, 0.6) is 5.75 Å². The Kier molecular flexibility index (Phi) is 5.91. The summed E-state index contributed by atoms with van der Waals surface area (Å²) < 4.78 is 10.1. The van der Waals surface area contributed by atoms with E-state index in [0.717, 1.165) is 36.1 Å². The minimum Gasteiger partial charge on any atom is -0.496 e. The van der Waals surface area contributed by atoms with E-state index in [0.29, 0.717) is 21.9 Å². The molecule has 1 heterocycles. The summed E-state index contributed by atoms with van der Waals surface area (Å²) in [5, 5.41) is 3.26. The van der Waals surface area contributed by atoms with Gasteiger partial charge in [-0.15, -0.1) is 11.3 Å². The number of thiophene rings is 1. The first-order valence-corrected chi connectivity index (χ1v) is 9.58. The average Bonchev–Trinajstić information content (AvgIpc) is 3.03. The van der Waals surface area contributed by atoms with E-state index >= 15 is 0 Å². The van der Waals surface area contributed by atoms with Gasteiger partial charge in [-0.2, -0.15) is 0 Å². The Morgan fingerprint density at radius 3 is 2.63 bits per heavy atom. The van der Waals surface area contributed by atoms with Crippen LogP contribution in [0, 0.1) is 0 Å². The van der Waals surface area contributed by atoms with Gasteiger partial charge in [-0.05, 0) is 43.4 Å².